The molecule has 0 fully saturated rings. The Balaban J connectivity index is 1.89. The van der Waals surface area contributed by atoms with Gasteiger partial charge in [0.15, 0.2) is 4.96 Å². The average molecular weight is 408 g/mol. The minimum atomic E-state index is -3.70. The van der Waals surface area contributed by atoms with Gasteiger partial charge in [0.25, 0.3) is 0 Å². The molecule has 2 aromatic carbocycles. The zero-order valence-corrected chi connectivity index (χ0v) is 14.8. The highest BCUT2D eigenvalue weighted by Gasteiger charge is 2.14. The lowest BCUT2D eigenvalue weighted by Crippen LogP contribution is -2.11. The number of benzene rings is 2. The number of thiazole rings is 1. The number of hydrogen-bond donors (Lipinski definition) is 1. The van der Waals surface area contributed by atoms with Crippen LogP contribution in [-0.4, -0.2) is 17.8 Å². The molecule has 0 atom stereocenters. The quantitative estimate of drug-likeness (QED) is 0.550. The molecule has 8 heteroatoms. The molecule has 0 aliphatic heterocycles. The third-order valence-corrected chi connectivity index (χ3v) is 5.99. The van der Waals surface area contributed by atoms with Crippen LogP contribution in [0.2, 0.25) is 0 Å². The number of primary sulfonamides is 1. The van der Waals surface area contributed by atoms with Crippen LogP contribution in [0, 0.1) is 0 Å². The van der Waals surface area contributed by atoms with Crippen molar-refractivity contribution in [1.29, 1.82) is 0 Å². The van der Waals surface area contributed by atoms with E-state index in [1.807, 2.05) is 34.9 Å². The van der Waals surface area contributed by atoms with Gasteiger partial charge in [-0.2, -0.15) is 0 Å². The fourth-order valence-corrected chi connectivity index (χ4v) is 4.34. The molecule has 0 bridgehead atoms. The van der Waals surface area contributed by atoms with E-state index in [2.05, 4.69) is 20.9 Å². The van der Waals surface area contributed by atoms with Gasteiger partial charge < -0.3 is 0 Å². The number of fused-ring (bicyclic) bond motifs is 3. The van der Waals surface area contributed by atoms with Gasteiger partial charge in [-0.3, -0.25) is 4.40 Å². The monoisotopic (exact) mass is 407 g/mol. The first-order valence-corrected chi connectivity index (χ1v) is 9.78. The van der Waals surface area contributed by atoms with Crippen molar-refractivity contribution in [2.24, 2.45) is 5.14 Å². The first-order chi connectivity index (χ1) is 10.9. The molecular weight excluding hydrogens is 398 g/mol. The van der Waals surface area contributed by atoms with Crippen molar-refractivity contribution in [3.8, 4) is 11.3 Å². The topological polar surface area (TPSA) is 77.5 Å². The molecule has 116 valence electrons. The van der Waals surface area contributed by atoms with Crippen LogP contribution in [0.15, 0.2) is 58.0 Å². The van der Waals surface area contributed by atoms with Crippen LogP contribution in [0.5, 0.6) is 0 Å². The lowest BCUT2D eigenvalue weighted by molar-refractivity contribution is 0.598. The number of rotatable bonds is 2. The predicted octanol–water partition coefficient (Wildman–Crippen LogP) is 3.63. The van der Waals surface area contributed by atoms with Gasteiger partial charge in [-0.25, -0.2) is 18.5 Å². The SMILES string of the molecule is NS(=O)(=O)c1ccc2c(c1)sc1nc(-c3ccc(Br)cc3)cn12. The maximum atomic E-state index is 11.5. The maximum absolute atomic E-state index is 11.5. The summed E-state index contributed by atoms with van der Waals surface area (Å²) in [5.74, 6) is 0. The van der Waals surface area contributed by atoms with Crippen molar-refractivity contribution < 1.29 is 8.42 Å². The van der Waals surface area contributed by atoms with Crippen LogP contribution in [-0.2, 0) is 10.0 Å². The largest absolute Gasteiger partial charge is 0.290 e. The van der Waals surface area contributed by atoms with Crippen molar-refractivity contribution >= 4 is 52.5 Å². The molecule has 0 aliphatic rings. The van der Waals surface area contributed by atoms with Crippen LogP contribution in [0.1, 0.15) is 0 Å². The predicted molar refractivity (Wildman–Crippen MR) is 95.1 cm³/mol. The summed E-state index contributed by atoms with van der Waals surface area (Å²) < 4.78 is 26.7. The van der Waals surface area contributed by atoms with Crippen molar-refractivity contribution in [3.63, 3.8) is 0 Å². The Kier molecular flexibility index (Phi) is 3.31. The van der Waals surface area contributed by atoms with Crippen LogP contribution in [0.3, 0.4) is 0 Å². The van der Waals surface area contributed by atoms with Crippen molar-refractivity contribution in [2.45, 2.75) is 4.90 Å². The molecule has 0 aliphatic carbocycles. The fraction of sp³-hybridized carbons (Fsp3) is 0. The second-order valence-corrected chi connectivity index (χ2v) is 8.55. The third kappa shape index (κ3) is 2.57. The molecule has 2 N–H and O–H groups in total. The first kappa shape index (κ1) is 14.8. The first-order valence-electron chi connectivity index (χ1n) is 6.62. The lowest BCUT2D eigenvalue weighted by Gasteiger charge is -1.98. The minimum absolute atomic E-state index is 0.114. The summed E-state index contributed by atoms with van der Waals surface area (Å²) in [4.78, 5) is 5.55. The van der Waals surface area contributed by atoms with Crippen LogP contribution in [0.4, 0.5) is 0 Å². The van der Waals surface area contributed by atoms with E-state index < -0.39 is 10.0 Å². The van der Waals surface area contributed by atoms with Gasteiger partial charge in [-0.1, -0.05) is 39.4 Å². The molecule has 4 rings (SSSR count). The van der Waals surface area contributed by atoms with Gasteiger partial charge in [-0.15, -0.1) is 0 Å². The normalized spacial score (nSPS) is 12.3. The zero-order valence-electron chi connectivity index (χ0n) is 11.6. The standard InChI is InChI=1S/C15H10BrN3O2S2/c16-10-3-1-9(2-4-10)12-8-19-13-6-5-11(23(17,20)21)7-14(13)22-15(19)18-12/h1-8H,(H2,17,20,21). The molecule has 23 heavy (non-hydrogen) atoms. The summed E-state index contributed by atoms with van der Waals surface area (Å²) in [6, 6.07) is 12.8. The Morgan fingerprint density at radius 2 is 1.87 bits per heavy atom. The Hall–Kier alpha value is -1.74. The molecule has 0 spiro atoms. The highest BCUT2D eigenvalue weighted by Crippen LogP contribution is 2.31. The molecule has 2 heterocycles. The molecule has 5 nitrogen and oxygen atoms in total. The van der Waals surface area contributed by atoms with E-state index in [9.17, 15) is 8.42 Å². The van der Waals surface area contributed by atoms with Crippen LogP contribution in [0.25, 0.3) is 26.4 Å². The van der Waals surface area contributed by atoms with Crippen LogP contribution < -0.4 is 5.14 Å². The summed E-state index contributed by atoms with van der Waals surface area (Å²) in [6.07, 6.45) is 1.95. The van der Waals surface area contributed by atoms with Crippen molar-refractivity contribution in [3.05, 3.63) is 53.1 Å². The van der Waals surface area contributed by atoms with E-state index in [-0.39, 0.29) is 4.90 Å². The Labute approximate surface area is 144 Å². The van der Waals surface area contributed by atoms with Gasteiger partial charge in [0.05, 0.1) is 20.8 Å². The number of hydrogen-bond acceptors (Lipinski definition) is 4. The van der Waals surface area contributed by atoms with E-state index in [0.717, 1.165) is 30.9 Å². The van der Waals surface area contributed by atoms with E-state index >= 15 is 0 Å². The number of sulfonamides is 1. The van der Waals surface area contributed by atoms with Crippen molar-refractivity contribution in [1.82, 2.24) is 9.38 Å². The highest BCUT2D eigenvalue weighted by atomic mass is 79.9. The summed E-state index contributed by atoms with van der Waals surface area (Å²) in [5, 5.41) is 5.18. The number of halogens is 1. The Morgan fingerprint density at radius 3 is 2.57 bits per heavy atom. The smallest absolute Gasteiger partial charge is 0.238 e. The zero-order chi connectivity index (χ0) is 16.2. The molecule has 2 aromatic heterocycles. The van der Waals surface area contributed by atoms with Gasteiger partial charge in [0.2, 0.25) is 10.0 Å². The average Bonchev–Trinajstić information content (AvgIpc) is 3.04. The van der Waals surface area contributed by atoms with E-state index in [1.54, 1.807) is 12.1 Å². The second-order valence-electron chi connectivity index (χ2n) is 5.06. The van der Waals surface area contributed by atoms with Gasteiger partial charge in [-0.05, 0) is 30.3 Å². The highest BCUT2D eigenvalue weighted by molar-refractivity contribution is 9.10. The fourth-order valence-electron chi connectivity index (χ4n) is 2.42. The van der Waals surface area contributed by atoms with Gasteiger partial charge in [0, 0.05) is 16.2 Å². The molecule has 0 amide bonds. The summed E-state index contributed by atoms with van der Waals surface area (Å²) in [5.41, 5.74) is 2.81. The maximum Gasteiger partial charge on any atom is 0.238 e. The lowest BCUT2D eigenvalue weighted by atomic mass is 10.2. The van der Waals surface area contributed by atoms with E-state index in [4.69, 9.17) is 5.14 Å². The molecule has 0 saturated heterocycles. The van der Waals surface area contributed by atoms with E-state index in [1.165, 1.54) is 17.4 Å². The van der Waals surface area contributed by atoms with Crippen molar-refractivity contribution in [2.75, 3.05) is 0 Å². The minimum Gasteiger partial charge on any atom is -0.290 e. The van der Waals surface area contributed by atoms with E-state index in [0.29, 0.717) is 0 Å². The molecule has 0 radical (unpaired) electrons. The number of nitrogens with two attached hydrogens (primary N) is 1. The Bertz CT molecular complexity index is 1140. The molecule has 4 aromatic rings. The van der Waals surface area contributed by atoms with Gasteiger partial charge >= 0.3 is 0 Å². The molecular formula is C15H10BrN3O2S2. The number of nitrogens with zero attached hydrogens (tertiary/aromatic N) is 2. The number of aromatic nitrogens is 2. The van der Waals surface area contributed by atoms with Gasteiger partial charge in [0.1, 0.15) is 0 Å². The molecule has 0 saturated carbocycles. The second kappa shape index (κ2) is 5.13. The molecule has 0 unspecified atom stereocenters. The Morgan fingerprint density at radius 1 is 1.13 bits per heavy atom. The summed E-state index contributed by atoms with van der Waals surface area (Å²) in [6.45, 7) is 0. The van der Waals surface area contributed by atoms with Crippen LogP contribution >= 0.6 is 27.3 Å². The number of imidazole rings is 1. The summed E-state index contributed by atoms with van der Waals surface area (Å²) >= 11 is 4.85. The third-order valence-electron chi connectivity index (χ3n) is 3.53. The summed E-state index contributed by atoms with van der Waals surface area (Å²) in [7, 11) is -3.70.